The number of hydrogen-bond acceptors (Lipinski definition) is 4. The van der Waals surface area contributed by atoms with Crippen LogP contribution in [-0.4, -0.2) is 14.5 Å². The summed E-state index contributed by atoms with van der Waals surface area (Å²) < 4.78 is 11.6. The van der Waals surface area contributed by atoms with E-state index in [0.717, 1.165) is 50.0 Å². The predicted octanol–water partition coefficient (Wildman–Crippen LogP) is 13.5. The van der Waals surface area contributed by atoms with Crippen molar-refractivity contribution in [1.82, 2.24) is 14.5 Å². The quantitative estimate of drug-likeness (QED) is 0.185. The molecule has 0 fully saturated rings. The molecule has 53 heavy (non-hydrogen) atoms. The van der Waals surface area contributed by atoms with Gasteiger partial charge in [0.05, 0.1) is 11.0 Å². The third-order valence-corrected chi connectivity index (χ3v) is 11.9. The van der Waals surface area contributed by atoms with Crippen LogP contribution < -0.4 is 0 Å². The molecule has 0 saturated heterocycles. The Kier molecular flexibility index (Phi) is 5.90. The fourth-order valence-corrected chi connectivity index (χ4v) is 9.29. The number of furan rings is 1. The summed E-state index contributed by atoms with van der Waals surface area (Å²) in [5.74, 6) is 1.39. The zero-order valence-corrected chi connectivity index (χ0v) is 29.1. The first-order valence-corrected chi connectivity index (χ1v) is 18.6. The summed E-state index contributed by atoms with van der Waals surface area (Å²) >= 11 is 1.82. The second-order valence-corrected chi connectivity index (χ2v) is 14.9. The second kappa shape index (κ2) is 10.8. The molecule has 12 rings (SSSR count). The van der Waals surface area contributed by atoms with Crippen molar-refractivity contribution in [2.45, 2.75) is 0 Å². The van der Waals surface area contributed by atoms with Gasteiger partial charge >= 0.3 is 0 Å². The van der Waals surface area contributed by atoms with Crippen LogP contribution in [0.5, 0.6) is 0 Å². The van der Waals surface area contributed by atoms with Gasteiger partial charge in [0.25, 0.3) is 0 Å². The third-order valence-electron chi connectivity index (χ3n) is 10.8. The van der Waals surface area contributed by atoms with Gasteiger partial charge in [-0.05, 0) is 93.3 Å². The van der Waals surface area contributed by atoms with Gasteiger partial charge in [-0.25, -0.2) is 9.97 Å². The van der Waals surface area contributed by atoms with E-state index in [0.29, 0.717) is 11.4 Å². The highest BCUT2D eigenvalue weighted by Crippen LogP contribution is 2.41. The molecule has 12 aromatic rings. The van der Waals surface area contributed by atoms with Crippen molar-refractivity contribution in [2.75, 3.05) is 0 Å². The largest absolute Gasteiger partial charge is 0.450 e. The highest BCUT2D eigenvalue weighted by atomic mass is 32.1. The lowest BCUT2D eigenvalue weighted by atomic mass is 10.00. The van der Waals surface area contributed by atoms with Crippen molar-refractivity contribution >= 4 is 96.9 Å². The summed E-state index contributed by atoms with van der Waals surface area (Å²) in [7, 11) is 0. The van der Waals surface area contributed by atoms with Gasteiger partial charge in [-0.3, -0.25) is 4.57 Å². The van der Waals surface area contributed by atoms with Crippen LogP contribution >= 0.6 is 11.3 Å². The van der Waals surface area contributed by atoms with Gasteiger partial charge in [-0.15, -0.1) is 11.3 Å². The van der Waals surface area contributed by atoms with Crippen molar-refractivity contribution in [1.29, 1.82) is 0 Å². The Morgan fingerprint density at radius 2 is 1.09 bits per heavy atom. The number of rotatable bonds is 3. The highest BCUT2D eigenvalue weighted by Gasteiger charge is 2.23. The zero-order valence-electron chi connectivity index (χ0n) is 28.2. The molecule has 0 aliphatic rings. The van der Waals surface area contributed by atoms with E-state index in [2.05, 4.69) is 168 Å². The lowest BCUT2D eigenvalue weighted by Crippen LogP contribution is -2.01. The van der Waals surface area contributed by atoms with Crippen LogP contribution in [0.2, 0.25) is 0 Å². The molecule has 0 spiro atoms. The van der Waals surface area contributed by atoms with E-state index in [1.807, 2.05) is 11.3 Å². The Bertz CT molecular complexity index is 3480. The molecule has 0 amide bonds. The van der Waals surface area contributed by atoms with Gasteiger partial charge in [-0.1, -0.05) is 103 Å². The van der Waals surface area contributed by atoms with Crippen molar-refractivity contribution in [3.05, 3.63) is 164 Å². The Morgan fingerprint density at radius 1 is 0.434 bits per heavy atom. The first-order chi connectivity index (χ1) is 26.2. The van der Waals surface area contributed by atoms with Crippen molar-refractivity contribution in [2.24, 2.45) is 0 Å². The highest BCUT2D eigenvalue weighted by molar-refractivity contribution is 7.25. The lowest BCUT2D eigenvalue weighted by molar-refractivity contribution is 0.662. The van der Waals surface area contributed by atoms with Gasteiger partial charge in [0.1, 0.15) is 11.1 Å². The van der Waals surface area contributed by atoms with Crippen LogP contribution in [0.15, 0.2) is 168 Å². The third kappa shape index (κ3) is 4.29. The Balaban J connectivity index is 1.18. The minimum Gasteiger partial charge on any atom is -0.450 e. The summed E-state index contributed by atoms with van der Waals surface area (Å²) in [5.41, 5.74) is 7.62. The average molecular weight is 694 g/mol. The molecule has 0 N–H and O–H groups in total. The molecule has 0 unspecified atom stereocenters. The zero-order chi connectivity index (χ0) is 34.6. The van der Waals surface area contributed by atoms with Crippen LogP contribution in [0, 0.1) is 0 Å². The summed E-state index contributed by atoms with van der Waals surface area (Å²) in [6.45, 7) is 0. The molecule has 246 valence electrons. The molecule has 8 aromatic carbocycles. The maximum absolute atomic E-state index is 6.82. The predicted molar refractivity (Wildman–Crippen MR) is 222 cm³/mol. The van der Waals surface area contributed by atoms with E-state index in [-0.39, 0.29) is 0 Å². The molecular formula is C48H27N3OS. The molecule has 0 radical (unpaired) electrons. The molecule has 0 saturated carbocycles. The van der Waals surface area contributed by atoms with Crippen LogP contribution in [-0.2, 0) is 0 Å². The van der Waals surface area contributed by atoms with Crippen molar-refractivity contribution in [3.8, 4) is 28.3 Å². The molecular weight excluding hydrogens is 667 g/mol. The van der Waals surface area contributed by atoms with E-state index >= 15 is 0 Å². The van der Waals surface area contributed by atoms with Gasteiger partial charge < -0.3 is 4.42 Å². The SMILES string of the molecule is c1ccc2cc(-c3ccc4oc5c(-n6c7ccccc7c7cc8ccccc8cc76)nc(-c6ccc7sc8ccccc8c7c6)nc5c4c3)ccc2c1. The van der Waals surface area contributed by atoms with Crippen molar-refractivity contribution < 1.29 is 4.42 Å². The van der Waals surface area contributed by atoms with Crippen LogP contribution in [0.1, 0.15) is 0 Å². The van der Waals surface area contributed by atoms with E-state index in [1.54, 1.807) is 0 Å². The van der Waals surface area contributed by atoms with Crippen LogP contribution in [0.25, 0.3) is 114 Å². The number of fused-ring (bicyclic) bond motifs is 11. The van der Waals surface area contributed by atoms with E-state index < -0.39 is 0 Å². The van der Waals surface area contributed by atoms with Crippen LogP contribution in [0.3, 0.4) is 0 Å². The number of para-hydroxylation sites is 1. The summed E-state index contributed by atoms with van der Waals surface area (Å²) in [4.78, 5) is 10.8. The molecule has 4 nitrogen and oxygen atoms in total. The number of nitrogens with zero attached hydrogens (tertiary/aromatic N) is 3. The summed E-state index contributed by atoms with van der Waals surface area (Å²) in [5, 5.41) is 10.6. The Hall–Kier alpha value is -6.82. The van der Waals surface area contributed by atoms with Gasteiger partial charge in [0.2, 0.25) is 0 Å². The molecule has 0 atom stereocenters. The monoisotopic (exact) mass is 693 g/mol. The number of aromatic nitrogens is 3. The fourth-order valence-electron chi connectivity index (χ4n) is 8.21. The second-order valence-electron chi connectivity index (χ2n) is 13.8. The number of thiophene rings is 1. The molecule has 5 heteroatoms. The average Bonchev–Trinajstić information content (AvgIpc) is 3.88. The molecule has 0 aliphatic heterocycles. The fraction of sp³-hybridized carbons (Fsp3) is 0. The topological polar surface area (TPSA) is 43.9 Å². The molecule has 0 aliphatic carbocycles. The Morgan fingerprint density at radius 3 is 1.98 bits per heavy atom. The number of hydrogen-bond donors (Lipinski definition) is 0. The van der Waals surface area contributed by atoms with E-state index in [9.17, 15) is 0 Å². The molecule has 0 bridgehead atoms. The lowest BCUT2D eigenvalue weighted by Gasteiger charge is -2.10. The minimum absolute atomic E-state index is 0.662. The van der Waals surface area contributed by atoms with Crippen LogP contribution in [0.4, 0.5) is 0 Å². The minimum atomic E-state index is 0.662. The van der Waals surface area contributed by atoms with Gasteiger partial charge in [-0.2, -0.15) is 0 Å². The normalized spacial score (nSPS) is 12.2. The van der Waals surface area contributed by atoms with Crippen molar-refractivity contribution in [3.63, 3.8) is 0 Å². The first-order valence-electron chi connectivity index (χ1n) is 17.8. The van der Waals surface area contributed by atoms with Gasteiger partial charge in [0, 0.05) is 41.9 Å². The maximum atomic E-state index is 6.82. The maximum Gasteiger partial charge on any atom is 0.197 e. The van der Waals surface area contributed by atoms with E-state index in [1.165, 1.54) is 52.5 Å². The standard InChI is InChI=1S/C48H27N3OS/c1-2-10-29-23-32(18-17-28(29)9-1)33-19-21-42-39(25-33)45-46(52-42)48(50-47(49-45)34-20-22-44-38(26-34)36-14-6-8-16-43(36)53-44)51-40-15-7-5-13-35(40)37-24-30-11-3-4-12-31(30)27-41(37)51/h1-27H. The smallest absolute Gasteiger partial charge is 0.197 e. The number of benzene rings is 8. The summed E-state index contributed by atoms with van der Waals surface area (Å²) in [6, 6.07) is 58.5. The first kappa shape index (κ1) is 28.8. The summed E-state index contributed by atoms with van der Waals surface area (Å²) in [6.07, 6.45) is 0. The molecule has 4 heterocycles. The Labute approximate surface area is 306 Å². The molecule has 4 aromatic heterocycles. The van der Waals surface area contributed by atoms with E-state index in [4.69, 9.17) is 14.4 Å². The van der Waals surface area contributed by atoms with Gasteiger partial charge in [0.15, 0.2) is 17.2 Å².